The van der Waals surface area contributed by atoms with Crippen molar-refractivity contribution in [3.63, 3.8) is 0 Å². The molecule has 0 spiro atoms. The summed E-state index contributed by atoms with van der Waals surface area (Å²) in [6.07, 6.45) is 1.81. The highest BCUT2D eigenvalue weighted by molar-refractivity contribution is 5.22. The zero-order valence-electron chi connectivity index (χ0n) is 12.3. The Morgan fingerprint density at radius 1 is 1.29 bits per heavy atom. The van der Waals surface area contributed by atoms with Crippen molar-refractivity contribution in [1.29, 1.82) is 0 Å². The van der Waals surface area contributed by atoms with Gasteiger partial charge in [-0.05, 0) is 31.4 Å². The summed E-state index contributed by atoms with van der Waals surface area (Å²) in [5, 5.41) is 13.1. The number of β-amino-alcohol motifs (C(OH)–C–C–N with tert-alkyl or cyclic N) is 1. The molecule has 5 nitrogen and oxygen atoms in total. The van der Waals surface area contributed by atoms with Crippen LogP contribution in [0.25, 0.3) is 0 Å². The molecule has 2 fully saturated rings. The monoisotopic (exact) mass is 289 g/mol. The molecule has 3 aliphatic heterocycles. The molecule has 2 saturated heterocycles. The highest BCUT2D eigenvalue weighted by Gasteiger charge is 2.31. The molecule has 5 heteroatoms. The third-order valence-electron chi connectivity index (χ3n) is 5.23. The third kappa shape index (κ3) is 2.43. The summed E-state index contributed by atoms with van der Waals surface area (Å²) in [4.78, 5) is 14.9. The quantitative estimate of drug-likeness (QED) is 0.812. The van der Waals surface area contributed by atoms with Crippen molar-refractivity contribution in [2.75, 3.05) is 26.2 Å². The van der Waals surface area contributed by atoms with E-state index in [2.05, 4.69) is 16.3 Å². The maximum atomic E-state index is 12.8. The van der Waals surface area contributed by atoms with Gasteiger partial charge < -0.3 is 15.0 Å². The lowest BCUT2D eigenvalue weighted by Gasteiger charge is -2.37. The molecule has 1 aromatic rings. The van der Waals surface area contributed by atoms with Crippen molar-refractivity contribution in [1.82, 2.24) is 14.8 Å². The maximum absolute atomic E-state index is 12.8. The van der Waals surface area contributed by atoms with E-state index in [9.17, 15) is 9.90 Å². The molecule has 0 aromatic carbocycles. The number of hydrogen-bond acceptors (Lipinski definition) is 4. The standard InChI is InChI=1S/C16H23N3O2/c20-14-3-4-18(10-14)9-12-1-2-15-13-5-11(6-17-7-13)8-19(15)16(12)21/h1-2,11,13-14,17,20H,3-10H2/t11-,13+,14-/m0/s1. The summed E-state index contributed by atoms with van der Waals surface area (Å²) >= 11 is 0. The van der Waals surface area contributed by atoms with E-state index < -0.39 is 0 Å². The molecule has 0 saturated carbocycles. The van der Waals surface area contributed by atoms with Gasteiger partial charge in [-0.3, -0.25) is 9.69 Å². The van der Waals surface area contributed by atoms with Crippen molar-refractivity contribution in [2.45, 2.75) is 38.0 Å². The Labute approximate surface area is 124 Å². The predicted molar refractivity (Wildman–Crippen MR) is 80.3 cm³/mol. The molecular weight excluding hydrogens is 266 g/mol. The van der Waals surface area contributed by atoms with Gasteiger partial charge in [0.1, 0.15) is 0 Å². The molecule has 21 heavy (non-hydrogen) atoms. The summed E-state index contributed by atoms with van der Waals surface area (Å²) in [6, 6.07) is 4.16. The molecule has 4 heterocycles. The van der Waals surface area contributed by atoms with E-state index in [1.54, 1.807) is 0 Å². The minimum atomic E-state index is -0.226. The topological polar surface area (TPSA) is 57.5 Å². The maximum Gasteiger partial charge on any atom is 0.255 e. The average Bonchev–Trinajstić information content (AvgIpc) is 2.88. The normalized spacial score (nSPS) is 32.1. The molecule has 0 unspecified atom stereocenters. The van der Waals surface area contributed by atoms with Gasteiger partial charge >= 0.3 is 0 Å². The zero-order valence-corrected chi connectivity index (χ0v) is 12.3. The number of fused-ring (bicyclic) bond motifs is 4. The number of aromatic nitrogens is 1. The van der Waals surface area contributed by atoms with Gasteiger partial charge in [0.15, 0.2) is 0 Å². The lowest BCUT2D eigenvalue weighted by atomic mass is 9.84. The first-order valence-corrected chi connectivity index (χ1v) is 8.04. The van der Waals surface area contributed by atoms with Gasteiger partial charge in [-0.15, -0.1) is 0 Å². The second kappa shape index (κ2) is 5.23. The highest BCUT2D eigenvalue weighted by Crippen LogP contribution is 2.31. The lowest BCUT2D eigenvalue weighted by Crippen LogP contribution is -2.45. The SMILES string of the molecule is O=c1c(CN2CC[C@H](O)C2)ccc2n1C[C@@H]1CNC[C@H]2C1. The Balaban J connectivity index is 1.62. The Morgan fingerprint density at radius 3 is 3.00 bits per heavy atom. The minimum Gasteiger partial charge on any atom is -0.392 e. The fourth-order valence-electron chi connectivity index (χ4n) is 4.15. The summed E-state index contributed by atoms with van der Waals surface area (Å²) in [5.74, 6) is 1.09. The molecule has 3 aliphatic rings. The molecule has 0 aliphatic carbocycles. The Bertz CT molecular complexity index is 598. The first-order chi connectivity index (χ1) is 10.2. The molecular formula is C16H23N3O2. The van der Waals surface area contributed by atoms with E-state index in [1.165, 1.54) is 12.1 Å². The number of aliphatic hydroxyl groups excluding tert-OH is 1. The van der Waals surface area contributed by atoms with E-state index in [1.807, 2.05) is 10.6 Å². The van der Waals surface area contributed by atoms with Crippen LogP contribution in [0.1, 0.15) is 30.0 Å². The van der Waals surface area contributed by atoms with Gasteiger partial charge in [-0.25, -0.2) is 0 Å². The zero-order chi connectivity index (χ0) is 14.4. The van der Waals surface area contributed by atoms with E-state index in [0.717, 1.165) is 38.2 Å². The van der Waals surface area contributed by atoms with Gasteiger partial charge in [-0.2, -0.15) is 0 Å². The lowest BCUT2D eigenvalue weighted by molar-refractivity contribution is 0.174. The van der Waals surface area contributed by atoms with Gasteiger partial charge in [0.25, 0.3) is 5.56 Å². The van der Waals surface area contributed by atoms with Crippen LogP contribution in [0.2, 0.25) is 0 Å². The molecule has 3 atom stereocenters. The Kier molecular flexibility index (Phi) is 3.36. The second-order valence-electron chi connectivity index (χ2n) is 6.83. The molecule has 0 amide bonds. The van der Waals surface area contributed by atoms with Gasteiger partial charge in [-0.1, -0.05) is 6.07 Å². The highest BCUT2D eigenvalue weighted by atomic mass is 16.3. The number of aliphatic hydroxyl groups is 1. The van der Waals surface area contributed by atoms with Gasteiger partial charge in [0, 0.05) is 49.9 Å². The molecule has 1 aromatic heterocycles. The summed E-state index contributed by atoms with van der Waals surface area (Å²) in [6.45, 7) is 5.13. The smallest absolute Gasteiger partial charge is 0.255 e. The molecule has 4 rings (SSSR count). The van der Waals surface area contributed by atoms with Gasteiger partial charge in [0.2, 0.25) is 0 Å². The van der Waals surface area contributed by atoms with Crippen LogP contribution in [0.3, 0.4) is 0 Å². The molecule has 2 N–H and O–H groups in total. The van der Waals surface area contributed by atoms with Crippen molar-refractivity contribution < 1.29 is 5.11 Å². The summed E-state index contributed by atoms with van der Waals surface area (Å²) < 4.78 is 2.02. The van der Waals surface area contributed by atoms with Crippen molar-refractivity contribution >= 4 is 0 Å². The third-order valence-corrected chi connectivity index (χ3v) is 5.23. The number of nitrogens with one attached hydrogen (secondary N) is 1. The van der Waals surface area contributed by atoms with Crippen LogP contribution in [0, 0.1) is 5.92 Å². The number of hydrogen-bond donors (Lipinski definition) is 2. The van der Waals surface area contributed by atoms with Crippen LogP contribution in [0.4, 0.5) is 0 Å². The minimum absolute atomic E-state index is 0.186. The number of piperidine rings is 1. The largest absolute Gasteiger partial charge is 0.392 e. The van der Waals surface area contributed by atoms with Gasteiger partial charge in [0.05, 0.1) is 6.10 Å². The summed E-state index contributed by atoms with van der Waals surface area (Å²) in [5.41, 5.74) is 2.26. The number of pyridine rings is 1. The second-order valence-corrected chi connectivity index (χ2v) is 6.83. The Morgan fingerprint density at radius 2 is 2.19 bits per heavy atom. The van der Waals surface area contributed by atoms with Crippen LogP contribution in [0.5, 0.6) is 0 Å². The molecule has 0 radical (unpaired) electrons. The van der Waals surface area contributed by atoms with E-state index >= 15 is 0 Å². The number of likely N-dealkylation sites (tertiary alicyclic amines) is 1. The van der Waals surface area contributed by atoms with E-state index in [0.29, 0.717) is 24.9 Å². The fourth-order valence-corrected chi connectivity index (χ4v) is 4.15. The van der Waals surface area contributed by atoms with Crippen LogP contribution < -0.4 is 10.9 Å². The molecule has 114 valence electrons. The van der Waals surface area contributed by atoms with Crippen LogP contribution in [0.15, 0.2) is 16.9 Å². The van der Waals surface area contributed by atoms with E-state index in [4.69, 9.17) is 0 Å². The van der Waals surface area contributed by atoms with Crippen molar-refractivity contribution in [2.24, 2.45) is 5.92 Å². The Hall–Kier alpha value is -1.17. The fraction of sp³-hybridized carbons (Fsp3) is 0.688. The van der Waals surface area contributed by atoms with E-state index in [-0.39, 0.29) is 11.7 Å². The average molecular weight is 289 g/mol. The first-order valence-electron chi connectivity index (χ1n) is 8.04. The van der Waals surface area contributed by atoms with Crippen LogP contribution in [-0.2, 0) is 13.1 Å². The van der Waals surface area contributed by atoms with Crippen molar-refractivity contribution in [3.8, 4) is 0 Å². The summed E-state index contributed by atoms with van der Waals surface area (Å²) in [7, 11) is 0. The predicted octanol–water partition coefficient (Wildman–Crippen LogP) is 0.122. The van der Waals surface area contributed by atoms with Crippen LogP contribution >= 0.6 is 0 Å². The number of nitrogens with zero attached hydrogens (tertiary/aromatic N) is 2. The number of rotatable bonds is 2. The first kappa shape index (κ1) is 13.5. The van der Waals surface area contributed by atoms with Crippen LogP contribution in [-0.4, -0.2) is 46.9 Å². The molecule has 2 bridgehead atoms. The van der Waals surface area contributed by atoms with Crippen molar-refractivity contribution in [3.05, 3.63) is 33.7 Å².